The van der Waals surface area contributed by atoms with Gasteiger partial charge in [0.2, 0.25) is 0 Å². The van der Waals surface area contributed by atoms with Crippen LogP contribution in [0.25, 0.3) is 0 Å². The van der Waals surface area contributed by atoms with Gasteiger partial charge in [-0.3, -0.25) is 0 Å². The van der Waals surface area contributed by atoms with Crippen molar-refractivity contribution in [1.82, 2.24) is 5.32 Å². The van der Waals surface area contributed by atoms with Crippen molar-refractivity contribution in [1.29, 1.82) is 0 Å². The van der Waals surface area contributed by atoms with Crippen molar-refractivity contribution in [3.05, 3.63) is 0 Å². The first-order valence-corrected chi connectivity index (χ1v) is 5.67. The molecule has 1 atom stereocenters. The second kappa shape index (κ2) is 8.57. The van der Waals surface area contributed by atoms with E-state index in [-0.39, 0.29) is 29.6 Å². The van der Waals surface area contributed by atoms with Crippen LogP contribution in [0, 0.1) is 0 Å². The summed E-state index contributed by atoms with van der Waals surface area (Å²) in [5.74, 6) is -0.993. The molecule has 0 saturated heterocycles. The van der Waals surface area contributed by atoms with Gasteiger partial charge in [-0.1, -0.05) is 32.1 Å². The van der Waals surface area contributed by atoms with Crippen molar-refractivity contribution in [3.8, 4) is 0 Å². The van der Waals surface area contributed by atoms with E-state index in [1.807, 2.05) is 0 Å². The maximum Gasteiger partial charge on any atom is 1.00 e. The van der Waals surface area contributed by atoms with Crippen LogP contribution in [-0.4, -0.2) is 18.1 Å². The average Bonchev–Trinajstić information content (AvgIpc) is 2.08. The number of rotatable bonds is 3. The molecule has 1 saturated carbocycles. The van der Waals surface area contributed by atoms with Gasteiger partial charge in [0.05, 0.1) is 5.97 Å². The normalized spacial score (nSPS) is 20.9. The van der Waals surface area contributed by atoms with E-state index in [9.17, 15) is 9.90 Å². The Morgan fingerprint density at radius 2 is 1.67 bits per heavy atom. The van der Waals surface area contributed by atoms with E-state index in [2.05, 4.69) is 5.32 Å². The van der Waals surface area contributed by atoms with Crippen molar-refractivity contribution in [3.63, 3.8) is 0 Å². The summed E-state index contributed by atoms with van der Waals surface area (Å²) in [6.07, 6.45) is 8.57. The Balaban J connectivity index is 0.00000196. The van der Waals surface area contributed by atoms with E-state index < -0.39 is 12.0 Å². The number of hydrogen-bond acceptors (Lipinski definition) is 3. The first-order chi connectivity index (χ1) is 6.70. The van der Waals surface area contributed by atoms with Gasteiger partial charge in [0.25, 0.3) is 0 Å². The largest absolute Gasteiger partial charge is 1.00 e. The molecule has 0 aliphatic heterocycles. The fourth-order valence-corrected chi connectivity index (χ4v) is 2.04. The van der Waals surface area contributed by atoms with E-state index in [1.165, 1.54) is 32.1 Å². The van der Waals surface area contributed by atoms with Crippen molar-refractivity contribution in [2.75, 3.05) is 0 Å². The summed E-state index contributed by atoms with van der Waals surface area (Å²) >= 11 is 0. The van der Waals surface area contributed by atoms with Gasteiger partial charge in [-0.25, -0.2) is 0 Å². The number of carbonyl (C=O) groups is 1. The maximum absolute atomic E-state index is 10.6. The molecule has 1 N–H and O–H groups in total. The molecule has 82 valence electrons. The first kappa shape index (κ1) is 15.4. The van der Waals surface area contributed by atoms with Crippen LogP contribution in [0.4, 0.5) is 0 Å². The Bertz CT molecular complexity index is 179. The van der Waals surface area contributed by atoms with Crippen LogP contribution in [0.5, 0.6) is 0 Å². The van der Waals surface area contributed by atoms with Gasteiger partial charge in [0, 0.05) is 12.1 Å². The molecule has 1 aliphatic carbocycles. The maximum atomic E-state index is 10.6. The zero-order valence-corrected chi connectivity index (χ0v) is 11.9. The zero-order chi connectivity index (χ0) is 10.4. The van der Waals surface area contributed by atoms with Crippen molar-refractivity contribution in [2.45, 2.75) is 64.0 Å². The Kier molecular flexibility index (Phi) is 8.81. The van der Waals surface area contributed by atoms with Gasteiger partial charge < -0.3 is 15.2 Å². The predicted octanol–water partition coefficient (Wildman–Crippen LogP) is -2.17. The molecule has 1 fully saturated rings. The molecular formula is C11H20NNaO2. The van der Waals surface area contributed by atoms with Gasteiger partial charge >= 0.3 is 29.6 Å². The van der Waals surface area contributed by atoms with Crippen LogP contribution in [-0.2, 0) is 4.79 Å². The second-order valence-electron chi connectivity index (χ2n) is 4.25. The Hall–Kier alpha value is 0.430. The smallest absolute Gasteiger partial charge is 0.548 e. The third kappa shape index (κ3) is 6.56. The predicted molar refractivity (Wildman–Crippen MR) is 53.7 cm³/mol. The Labute approximate surface area is 114 Å². The molecule has 0 aromatic heterocycles. The molecule has 15 heavy (non-hydrogen) atoms. The Morgan fingerprint density at radius 1 is 1.20 bits per heavy atom. The third-order valence-corrected chi connectivity index (χ3v) is 2.94. The number of carbonyl (C=O) groups excluding carboxylic acids is 1. The van der Waals surface area contributed by atoms with E-state index in [4.69, 9.17) is 0 Å². The molecule has 0 amide bonds. The minimum atomic E-state index is -0.993. The molecule has 1 rings (SSSR count). The fraction of sp³-hybridized carbons (Fsp3) is 0.909. The number of carboxylic acid groups (broad SMARTS) is 1. The summed E-state index contributed by atoms with van der Waals surface area (Å²) in [7, 11) is 0. The molecule has 4 heteroatoms. The minimum Gasteiger partial charge on any atom is -0.548 e. The summed E-state index contributed by atoms with van der Waals surface area (Å²) in [5, 5.41) is 13.7. The van der Waals surface area contributed by atoms with Crippen LogP contribution in [0.2, 0.25) is 0 Å². The summed E-state index contributed by atoms with van der Waals surface area (Å²) in [4.78, 5) is 10.6. The van der Waals surface area contributed by atoms with Crippen LogP contribution >= 0.6 is 0 Å². The van der Waals surface area contributed by atoms with E-state index in [0.717, 1.165) is 12.8 Å². The standard InChI is InChI=1S/C11H21NO2.Na/c1-9(11(13)14)12-10-7-5-3-2-4-6-8-10;/h9-10,12H,2-8H2,1H3,(H,13,14);/q;+1/p-1. The fourth-order valence-electron chi connectivity index (χ4n) is 2.04. The monoisotopic (exact) mass is 221 g/mol. The molecule has 3 nitrogen and oxygen atoms in total. The first-order valence-electron chi connectivity index (χ1n) is 5.67. The average molecular weight is 221 g/mol. The molecular weight excluding hydrogens is 201 g/mol. The third-order valence-electron chi connectivity index (χ3n) is 2.94. The second-order valence-corrected chi connectivity index (χ2v) is 4.25. The summed E-state index contributed by atoms with van der Waals surface area (Å²) in [6.45, 7) is 1.66. The van der Waals surface area contributed by atoms with Gasteiger partial charge in [-0.05, 0) is 19.8 Å². The van der Waals surface area contributed by atoms with Crippen molar-refractivity contribution >= 4 is 5.97 Å². The SMILES string of the molecule is CC(NC1CCCCCCC1)C(=O)[O-].[Na+]. The molecule has 0 aromatic rings. The Morgan fingerprint density at radius 3 is 2.13 bits per heavy atom. The van der Waals surface area contributed by atoms with Gasteiger partial charge in [-0.2, -0.15) is 0 Å². The number of carboxylic acids is 1. The molecule has 1 unspecified atom stereocenters. The molecule has 0 spiro atoms. The van der Waals surface area contributed by atoms with E-state index in [0.29, 0.717) is 6.04 Å². The molecule has 0 aromatic carbocycles. The van der Waals surface area contributed by atoms with Gasteiger partial charge in [0.1, 0.15) is 0 Å². The van der Waals surface area contributed by atoms with Gasteiger partial charge in [0.15, 0.2) is 0 Å². The van der Waals surface area contributed by atoms with E-state index >= 15 is 0 Å². The molecule has 1 aliphatic rings. The summed E-state index contributed by atoms with van der Waals surface area (Å²) < 4.78 is 0. The summed E-state index contributed by atoms with van der Waals surface area (Å²) in [6, 6.07) is -0.136. The van der Waals surface area contributed by atoms with Crippen LogP contribution in [0.15, 0.2) is 0 Å². The van der Waals surface area contributed by atoms with Crippen molar-refractivity contribution < 1.29 is 39.5 Å². The van der Waals surface area contributed by atoms with E-state index in [1.54, 1.807) is 6.92 Å². The number of hydrogen-bond donors (Lipinski definition) is 1. The zero-order valence-electron chi connectivity index (χ0n) is 9.92. The number of nitrogens with one attached hydrogen (secondary N) is 1. The van der Waals surface area contributed by atoms with Crippen LogP contribution < -0.4 is 40.0 Å². The molecule has 0 heterocycles. The van der Waals surface area contributed by atoms with Gasteiger partial charge in [-0.15, -0.1) is 0 Å². The molecule has 0 bridgehead atoms. The van der Waals surface area contributed by atoms with Crippen LogP contribution in [0.1, 0.15) is 51.9 Å². The summed E-state index contributed by atoms with van der Waals surface area (Å²) in [5.41, 5.74) is 0. The number of aliphatic carboxylic acids is 1. The molecule has 0 radical (unpaired) electrons. The quantitative estimate of drug-likeness (QED) is 0.552. The minimum absolute atomic E-state index is 0. The van der Waals surface area contributed by atoms with Crippen LogP contribution in [0.3, 0.4) is 0 Å². The topological polar surface area (TPSA) is 52.2 Å². The van der Waals surface area contributed by atoms with Crippen molar-refractivity contribution in [2.24, 2.45) is 0 Å².